The molecule has 100 valence electrons. The van der Waals surface area contributed by atoms with E-state index in [1.54, 1.807) is 13.8 Å². The predicted molar refractivity (Wildman–Crippen MR) is 65.3 cm³/mol. The maximum Gasteiger partial charge on any atom is 0.330 e. The molecule has 0 saturated heterocycles. The molecule has 1 aromatic heterocycles. The van der Waals surface area contributed by atoms with Crippen LogP contribution in [0.1, 0.15) is 55.8 Å². The first-order chi connectivity index (χ1) is 8.49. The third-order valence-electron chi connectivity index (χ3n) is 2.71. The van der Waals surface area contributed by atoms with Crippen molar-refractivity contribution in [2.75, 3.05) is 6.61 Å². The summed E-state index contributed by atoms with van der Waals surface area (Å²) in [6, 6.07) is -0.567. The van der Waals surface area contributed by atoms with E-state index in [0.29, 0.717) is 18.0 Å². The number of aromatic nitrogens is 3. The van der Waals surface area contributed by atoms with Crippen LogP contribution in [0, 0.1) is 6.92 Å². The summed E-state index contributed by atoms with van der Waals surface area (Å²) in [5.74, 6) is -0.517. The van der Waals surface area contributed by atoms with Crippen LogP contribution < -0.4 is 0 Å². The summed E-state index contributed by atoms with van der Waals surface area (Å²) < 4.78 is 6.53. The van der Waals surface area contributed by atoms with Crippen LogP contribution in [0.5, 0.6) is 0 Å². The summed E-state index contributed by atoms with van der Waals surface area (Å²) in [5.41, 5.74) is 0.880. The van der Waals surface area contributed by atoms with Crippen molar-refractivity contribution in [2.24, 2.45) is 0 Å². The third-order valence-corrected chi connectivity index (χ3v) is 2.71. The lowest BCUT2D eigenvalue weighted by Gasteiger charge is -2.12. The van der Waals surface area contributed by atoms with Crippen molar-refractivity contribution in [3.63, 3.8) is 0 Å². The van der Waals surface area contributed by atoms with E-state index in [1.807, 2.05) is 6.92 Å². The van der Waals surface area contributed by atoms with Gasteiger partial charge >= 0.3 is 5.97 Å². The van der Waals surface area contributed by atoms with Gasteiger partial charge in [-0.1, -0.05) is 18.6 Å². The van der Waals surface area contributed by atoms with Gasteiger partial charge < -0.3 is 4.74 Å². The SMILES string of the molecule is CCCCOC(=O)C(C)n1nnc(C(C)=O)c1C. The lowest BCUT2D eigenvalue weighted by Crippen LogP contribution is -2.22. The molecule has 0 aromatic carbocycles. The fourth-order valence-corrected chi connectivity index (χ4v) is 1.57. The van der Waals surface area contributed by atoms with E-state index in [1.165, 1.54) is 11.6 Å². The summed E-state index contributed by atoms with van der Waals surface area (Å²) in [7, 11) is 0. The van der Waals surface area contributed by atoms with Gasteiger partial charge in [0.05, 0.1) is 12.3 Å². The monoisotopic (exact) mass is 253 g/mol. The molecule has 0 amide bonds. The Hall–Kier alpha value is -1.72. The van der Waals surface area contributed by atoms with Gasteiger partial charge in [-0.2, -0.15) is 0 Å². The molecule has 0 aliphatic rings. The van der Waals surface area contributed by atoms with E-state index < -0.39 is 6.04 Å². The van der Waals surface area contributed by atoms with Crippen molar-refractivity contribution >= 4 is 11.8 Å². The number of carbonyl (C=O) groups excluding carboxylic acids is 2. The van der Waals surface area contributed by atoms with E-state index in [9.17, 15) is 9.59 Å². The summed E-state index contributed by atoms with van der Waals surface area (Å²) in [6.07, 6.45) is 1.81. The summed E-state index contributed by atoms with van der Waals surface area (Å²) in [5, 5.41) is 7.60. The first-order valence-corrected chi connectivity index (χ1v) is 6.08. The number of hydrogen-bond acceptors (Lipinski definition) is 5. The molecule has 1 heterocycles. The number of unbranched alkanes of at least 4 members (excludes halogenated alkanes) is 1. The minimum absolute atomic E-state index is 0.162. The van der Waals surface area contributed by atoms with Gasteiger partial charge in [0.2, 0.25) is 0 Å². The molecule has 0 aliphatic carbocycles. The molecule has 0 radical (unpaired) electrons. The first-order valence-electron chi connectivity index (χ1n) is 6.08. The highest BCUT2D eigenvalue weighted by Crippen LogP contribution is 2.13. The predicted octanol–water partition coefficient (Wildman–Crippen LogP) is 1.69. The molecule has 6 heteroatoms. The molecular weight excluding hydrogens is 234 g/mol. The van der Waals surface area contributed by atoms with Gasteiger partial charge in [-0.25, -0.2) is 9.48 Å². The lowest BCUT2D eigenvalue weighted by atomic mass is 10.2. The molecule has 0 N–H and O–H groups in total. The Morgan fingerprint density at radius 1 is 1.44 bits per heavy atom. The molecule has 1 aromatic rings. The lowest BCUT2D eigenvalue weighted by molar-refractivity contribution is -0.147. The average Bonchev–Trinajstić information content (AvgIpc) is 2.70. The Kier molecular flexibility index (Phi) is 5.00. The Balaban J connectivity index is 2.75. The number of hydrogen-bond donors (Lipinski definition) is 0. The second kappa shape index (κ2) is 6.28. The second-order valence-electron chi connectivity index (χ2n) is 4.22. The molecule has 0 fully saturated rings. The zero-order chi connectivity index (χ0) is 13.7. The molecular formula is C12H19N3O3. The number of ketones is 1. The van der Waals surface area contributed by atoms with Gasteiger partial charge in [0.25, 0.3) is 0 Å². The standard InChI is InChI=1S/C12H19N3O3/c1-5-6-7-18-12(17)9(3)15-8(2)11(10(4)16)13-14-15/h9H,5-7H2,1-4H3. The summed E-state index contributed by atoms with van der Waals surface area (Å²) >= 11 is 0. The minimum atomic E-state index is -0.567. The molecule has 1 unspecified atom stereocenters. The van der Waals surface area contributed by atoms with Crippen LogP contribution in [0.4, 0.5) is 0 Å². The molecule has 1 atom stereocenters. The van der Waals surface area contributed by atoms with E-state index in [-0.39, 0.29) is 11.8 Å². The van der Waals surface area contributed by atoms with Gasteiger partial charge in [-0.3, -0.25) is 4.79 Å². The summed E-state index contributed by atoms with van der Waals surface area (Å²) in [6.45, 7) is 7.25. The normalized spacial score (nSPS) is 12.2. The average molecular weight is 253 g/mol. The highest BCUT2D eigenvalue weighted by atomic mass is 16.5. The van der Waals surface area contributed by atoms with Gasteiger partial charge in [0, 0.05) is 6.92 Å². The third kappa shape index (κ3) is 3.15. The zero-order valence-corrected chi connectivity index (χ0v) is 11.3. The van der Waals surface area contributed by atoms with Crippen molar-refractivity contribution in [1.82, 2.24) is 15.0 Å². The fourth-order valence-electron chi connectivity index (χ4n) is 1.57. The topological polar surface area (TPSA) is 74.1 Å². The Morgan fingerprint density at radius 3 is 2.61 bits per heavy atom. The number of nitrogens with zero attached hydrogens (tertiary/aromatic N) is 3. The number of Topliss-reactive ketones (excluding diaryl/α,β-unsaturated/α-hetero) is 1. The van der Waals surface area contributed by atoms with Gasteiger partial charge in [-0.15, -0.1) is 5.10 Å². The Bertz CT molecular complexity index is 440. The van der Waals surface area contributed by atoms with Crippen molar-refractivity contribution in [3.05, 3.63) is 11.4 Å². The minimum Gasteiger partial charge on any atom is -0.464 e. The van der Waals surface area contributed by atoms with E-state index in [0.717, 1.165) is 12.8 Å². The maximum absolute atomic E-state index is 11.8. The van der Waals surface area contributed by atoms with Gasteiger partial charge in [0.15, 0.2) is 11.5 Å². The number of esters is 1. The van der Waals surface area contributed by atoms with Crippen LogP contribution in [0.25, 0.3) is 0 Å². The van der Waals surface area contributed by atoms with Crippen molar-refractivity contribution in [3.8, 4) is 0 Å². The fraction of sp³-hybridized carbons (Fsp3) is 0.667. The van der Waals surface area contributed by atoms with Crippen molar-refractivity contribution in [2.45, 2.75) is 46.6 Å². The zero-order valence-electron chi connectivity index (χ0n) is 11.3. The van der Waals surface area contributed by atoms with Gasteiger partial charge in [0.1, 0.15) is 6.04 Å². The summed E-state index contributed by atoms with van der Waals surface area (Å²) in [4.78, 5) is 23.0. The molecule has 0 spiro atoms. The molecule has 6 nitrogen and oxygen atoms in total. The van der Waals surface area contributed by atoms with Crippen LogP contribution in [-0.2, 0) is 9.53 Å². The molecule has 1 rings (SSSR count). The van der Waals surface area contributed by atoms with Crippen molar-refractivity contribution < 1.29 is 14.3 Å². The maximum atomic E-state index is 11.8. The molecule has 18 heavy (non-hydrogen) atoms. The number of rotatable bonds is 6. The number of carbonyl (C=O) groups is 2. The Labute approximate surface area is 106 Å². The van der Waals surface area contributed by atoms with E-state index in [4.69, 9.17) is 4.74 Å². The number of ether oxygens (including phenoxy) is 1. The first kappa shape index (κ1) is 14.3. The van der Waals surface area contributed by atoms with E-state index in [2.05, 4.69) is 10.3 Å². The van der Waals surface area contributed by atoms with Crippen LogP contribution >= 0.6 is 0 Å². The van der Waals surface area contributed by atoms with Gasteiger partial charge in [-0.05, 0) is 20.3 Å². The molecule has 0 saturated carbocycles. The smallest absolute Gasteiger partial charge is 0.330 e. The molecule has 0 aliphatic heterocycles. The van der Waals surface area contributed by atoms with Crippen LogP contribution in [0.15, 0.2) is 0 Å². The van der Waals surface area contributed by atoms with Crippen LogP contribution in [0.2, 0.25) is 0 Å². The molecule has 0 bridgehead atoms. The highest BCUT2D eigenvalue weighted by molar-refractivity contribution is 5.93. The largest absolute Gasteiger partial charge is 0.464 e. The quantitative estimate of drug-likeness (QED) is 0.438. The Morgan fingerprint density at radius 2 is 2.11 bits per heavy atom. The van der Waals surface area contributed by atoms with Crippen LogP contribution in [-0.4, -0.2) is 33.4 Å². The van der Waals surface area contributed by atoms with Crippen molar-refractivity contribution in [1.29, 1.82) is 0 Å². The second-order valence-corrected chi connectivity index (χ2v) is 4.22. The van der Waals surface area contributed by atoms with E-state index >= 15 is 0 Å². The highest BCUT2D eigenvalue weighted by Gasteiger charge is 2.22. The van der Waals surface area contributed by atoms with Crippen LogP contribution in [0.3, 0.4) is 0 Å².